The van der Waals surface area contributed by atoms with E-state index in [0.717, 1.165) is 0 Å². The lowest BCUT2D eigenvalue weighted by Crippen LogP contribution is -2.38. The second-order valence-electron chi connectivity index (χ2n) is 5.39. The third kappa shape index (κ3) is 2.15. The number of hydrogen-bond acceptors (Lipinski definition) is 1. The number of rotatable bonds is 2. The van der Waals surface area contributed by atoms with Crippen LogP contribution in [0.25, 0.3) is 0 Å². The van der Waals surface area contributed by atoms with Crippen molar-refractivity contribution in [3.63, 3.8) is 0 Å². The van der Waals surface area contributed by atoms with Gasteiger partial charge in [0.2, 0.25) is 0 Å². The van der Waals surface area contributed by atoms with Crippen molar-refractivity contribution in [3.8, 4) is 0 Å². The Morgan fingerprint density at radius 2 is 2.06 bits per heavy atom. The van der Waals surface area contributed by atoms with E-state index in [4.69, 9.17) is 0 Å². The van der Waals surface area contributed by atoms with Crippen molar-refractivity contribution >= 4 is 6.21 Å². The molecular formula is C16H23N. The molecule has 1 heteroatoms. The highest BCUT2D eigenvalue weighted by atomic mass is 14.7. The lowest BCUT2D eigenvalue weighted by Gasteiger charge is -2.41. The van der Waals surface area contributed by atoms with Crippen molar-refractivity contribution in [3.05, 3.63) is 35.4 Å². The summed E-state index contributed by atoms with van der Waals surface area (Å²) in [5.41, 5.74) is 3.07. The molecule has 1 aliphatic carbocycles. The maximum atomic E-state index is 4.37. The molecule has 0 N–H and O–H groups in total. The summed E-state index contributed by atoms with van der Waals surface area (Å²) < 4.78 is 0. The second kappa shape index (κ2) is 5.03. The number of hydrogen-bond donors (Lipinski definition) is 0. The SMILES string of the molecule is CN=C[C@]1(c2ccccc2C)CCCCC1C. The maximum absolute atomic E-state index is 4.37. The van der Waals surface area contributed by atoms with Gasteiger partial charge in [0.15, 0.2) is 0 Å². The summed E-state index contributed by atoms with van der Waals surface area (Å²) in [5, 5.41) is 0. The number of nitrogens with zero attached hydrogens (tertiary/aromatic N) is 1. The van der Waals surface area contributed by atoms with E-state index >= 15 is 0 Å². The van der Waals surface area contributed by atoms with Crippen molar-refractivity contribution in [2.24, 2.45) is 10.9 Å². The first-order chi connectivity index (χ1) is 8.20. The van der Waals surface area contributed by atoms with Gasteiger partial charge in [-0.15, -0.1) is 0 Å². The van der Waals surface area contributed by atoms with Crippen molar-refractivity contribution in [1.82, 2.24) is 0 Å². The second-order valence-corrected chi connectivity index (χ2v) is 5.39. The molecule has 0 spiro atoms. The molecule has 2 rings (SSSR count). The van der Waals surface area contributed by atoms with E-state index in [1.165, 1.54) is 36.8 Å². The van der Waals surface area contributed by atoms with Crippen molar-refractivity contribution in [1.29, 1.82) is 0 Å². The summed E-state index contributed by atoms with van der Waals surface area (Å²) in [4.78, 5) is 4.37. The number of aliphatic imine (C=N–C) groups is 1. The first kappa shape index (κ1) is 12.3. The molecule has 1 fully saturated rings. The van der Waals surface area contributed by atoms with Gasteiger partial charge >= 0.3 is 0 Å². The van der Waals surface area contributed by atoms with E-state index in [2.05, 4.69) is 49.3 Å². The minimum atomic E-state index is 0.179. The first-order valence-corrected chi connectivity index (χ1v) is 6.70. The molecular weight excluding hydrogens is 206 g/mol. The molecule has 0 amide bonds. The molecule has 2 atom stereocenters. The minimum absolute atomic E-state index is 0.179. The van der Waals surface area contributed by atoms with E-state index in [1.807, 2.05) is 7.05 Å². The summed E-state index contributed by atoms with van der Waals surface area (Å²) in [6, 6.07) is 8.80. The Morgan fingerprint density at radius 1 is 1.29 bits per heavy atom. The molecule has 0 aromatic heterocycles. The molecule has 0 saturated heterocycles. The molecule has 0 aliphatic heterocycles. The van der Waals surface area contributed by atoms with Gasteiger partial charge in [-0.05, 0) is 36.8 Å². The molecule has 1 aromatic rings. The van der Waals surface area contributed by atoms with Gasteiger partial charge in [-0.1, -0.05) is 44.0 Å². The summed E-state index contributed by atoms with van der Waals surface area (Å²) >= 11 is 0. The molecule has 17 heavy (non-hydrogen) atoms. The van der Waals surface area contributed by atoms with E-state index in [0.29, 0.717) is 5.92 Å². The highest BCUT2D eigenvalue weighted by Crippen LogP contribution is 2.43. The molecule has 1 nitrogen and oxygen atoms in total. The first-order valence-electron chi connectivity index (χ1n) is 6.70. The lowest BCUT2D eigenvalue weighted by molar-refractivity contribution is 0.277. The number of aryl methyl sites for hydroxylation is 1. The fraction of sp³-hybridized carbons (Fsp3) is 0.562. The van der Waals surface area contributed by atoms with Crippen LogP contribution >= 0.6 is 0 Å². The smallest absolute Gasteiger partial charge is 0.0329 e. The van der Waals surface area contributed by atoms with Gasteiger partial charge < -0.3 is 0 Å². The van der Waals surface area contributed by atoms with Gasteiger partial charge in [-0.2, -0.15) is 0 Å². The van der Waals surface area contributed by atoms with Gasteiger partial charge in [0.25, 0.3) is 0 Å². The molecule has 0 heterocycles. The fourth-order valence-electron chi connectivity index (χ4n) is 3.36. The van der Waals surface area contributed by atoms with Crippen LogP contribution in [0.15, 0.2) is 29.3 Å². The van der Waals surface area contributed by atoms with Gasteiger partial charge in [-0.3, -0.25) is 4.99 Å². The van der Waals surface area contributed by atoms with Crippen molar-refractivity contribution in [2.45, 2.75) is 44.9 Å². The monoisotopic (exact) mass is 229 g/mol. The van der Waals surface area contributed by atoms with Crippen LogP contribution in [0.5, 0.6) is 0 Å². The predicted octanol–water partition coefficient (Wildman–Crippen LogP) is 4.14. The van der Waals surface area contributed by atoms with E-state index in [9.17, 15) is 0 Å². The molecule has 1 saturated carbocycles. The standard InChI is InChI=1S/C16H23N/c1-13-8-4-5-10-15(13)16(12-17-3)11-7-6-9-14(16)2/h4-5,8,10,12,14H,6-7,9,11H2,1-3H3/t14?,16-/m1/s1. The minimum Gasteiger partial charge on any atom is -0.300 e. The van der Waals surface area contributed by atoms with Gasteiger partial charge in [0.05, 0.1) is 0 Å². The average molecular weight is 229 g/mol. The van der Waals surface area contributed by atoms with Crippen LogP contribution in [-0.4, -0.2) is 13.3 Å². The normalized spacial score (nSPS) is 29.7. The van der Waals surface area contributed by atoms with Crippen LogP contribution in [0.3, 0.4) is 0 Å². The summed E-state index contributed by atoms with van der Waals surface area (Å²) in [5.74, 6) is 0.695. The highest BCUT2D eigenvalue weighted by Gasteiger charge is 2.38. The molecule has 0 bridgehead atoms. The molecule has 92 valence electrons. The topological polar surface area (TPSA) is 12.4 Å². The Kier molecular flexibility index (Phi) is 3.66. The van der Waals surface area contributed by atoms with Crippen LogP contribution in [0.4, 0.5) is 0 Å². The molecule has 1 aliphatic rings. The van der Waals surface area contributed by atoms with Crippen LogP contribution in [0, 0.1) is 12.8 Å². The zero-order chi connectivity index (χ0) is 12.3. The Bertz CT molecular complexity index is 408. The Balaban J connectivity index is 2.50. The quantitative estimate of drug-likeness (QED) is 0.676. The zero-order valence-electron chi connectivity index (χ0n) is 11.2. The largest absolute Gasteiger partial charge is 0.300 e. The Morgan fingerprint density at radius 3 is 2.71 bits per heavy atom. The van der Waals surface area contributed by atoms with Crippen LogP contribution in [-0.2, 0) is 5.41 Å². The van der Waals surface area contributed by atoms with Gasteiger partial charge in [-0.25, -0.2) is 0 Å². The third-order valence-corrected chi connectivity index (χ3v) is 4.36. The highest BCUT2D eigenvalue weighted by molar-refractivity contribution is 5.75. The van der Waals surface area contributed by atoms with Crippen LogP contribution in [0.1, 0.15) is 43.7 Å². The lowest BCUT2D eigenvalue weighted by atomic mass is 9.63. The van der Waals surface area contributed by atoms with Gasteiger partial charge in [0, 0.05) is 18.7 Å². The molecule has 1 aromatic carbocycles. The number of benzene rings is 1. The van der Waals surface area contributed by atoms with Crippen molar-refractivity contribution < 1.29 is 0 Å². The average Bonchev–Trinajstić information content (AvgIpc) is 2.33. The van der Waals surface area contributed by atoms with E-state index in [1.54, 1.807) is 0 Å². The Hall–Kier alpha value is -1.11. The zero-order valence-corrected chi connectivity index (χ0v) is 11.2. The summed E-state index contributed by atoms with van der Waals surface area (Å²) in [7, 11) is 1.90. The Labute approximate surface area is 105 Å². The van der Waals surface area contributed by atoms with Crippen molar-refractivity contribution in [2.75, 3.05) is 7.05 Å². The maximum Gasteiger partial charge on any atom is 0.0329 e. The van der Waals surface area contributed by atoms with Gasteiger partial charge in [0.1, 0.15) is 0 Å². The fourth-order valence-corrected chi connectivity index (χ4v) is 3.36. The van der Waals surface area contributed by atoms with Crippen LogP contribution in [0.2, 0.25) is 0 Å². The van der Waals surface area contributed by atoms with Crippen LogP contribution < -0.4 is 0 Å². The van der Waals surface area contributed by atoms with E-state index < -0.39 is 0 Å². The molecule has 1 unspecified atom stereocenters. The summed E-state index contributed by atoms with van der Waals surface area (Å²) in [6.45, 7) is 4.61. The summed E-state index contributed by atoms with van der Waals surface area (Å²) in [6.07, 6.45) is 7.47. The predicted molar refractivity (Wildman–Crippen MR) is 74.9 cm³/mol. The third-order valence-electron chi connectivity index (χ3n) is 4.36. The molecule has 0 radical (unpaired) electrons. The van der Waals surface area contributed by atoms with E-state index in [-0.39, 0.29) is 5.41 Å².